The second kappa shape index (κ2) is 6.15. The van der Waals surface area contributed by atoms with Gasteiger partial charge in [-0.15, -0.1) is 11.3 Å². The van der Waals surface area contributed by atoms with Gasteiger partial charge in [0.05, 0.1) is 5.56 Å². The van der Waals surface area contributed by atoms with E-state index in [0.717, 1.165) is 17.0 Å². The Labute approximate surface area is 126 Å². The van der Waals surface area contributed by atoms with Crippen LogP contribution in [-0.2, 0) is 6.18 Å². The molecule has 0 aliphatic carbocycles. The molecule has 0 radical (unpaired) electrons. The molecular weight excluding hydrogens is 355 g/mol. The number of aliphatic hydroxyl groups is 1. The summed E-state index contributed by atoms with van der Waals surface area (Å²) in [5.41, 5.74) is -0.427. The first-order valence-electron chi connectivity index (χ1n) is 5.70. The third-order valence-corrected chi connectivity index (χ3v) is 4.32. The van der Waals surface area contributed by atoms with Crippen molar-refractivity contribution in [2.45, 2.75) is 12.3 Å². The van der Waals surface area contributed by atoms with E-state index >= 15 is 0 Å². The van der Waals surface area contributed by atoms with Gasteiger partial charge in [0.2, 0.25) is 0 Å². The van der Waals surface area contributed by atoms with Crippen LogP contribution in [0.2, 0.25) is 0 Å². The van der Waals surface area contributed by atoms with Gasteiger partial charge < -0.3 is 10.4 Å². The van der Waals surface area contributed by atoms with Gasteiger partial charge in [-0.05, 0) is 45.6 Å². The van der Waals surface area contributed by atoms with Gasteiger partial charge in [0.1, 0.15) is 6.10 Å². The first kappa shape index (κ1) is 15.3. The SMILES string of the molecule is OC(CNc1cc(C(F)(F)F)ccc1Br)c1cccs1. The van der Waals surface area contributed by atoms with E-state index in [2.05, 4.69) is 21.2 Å². The van der Waals surface area contributed by atoms with Crippen molar-refractivity contribution in [1.82, 2.24) is 0 Å². The Morgan fingerprint density at radius 3 is 2.65 bits per heavy atom. The monoisotopic (exact) mass is 365 g/mol. The molecule has 0 aliphatic rings. The van der Waals surface area contributed by atoms with Crippen LogP contribution in [0.25, 0.3) is 0 Å². The molecule has 7 heteroatoms. The van der Waals surface area contributed by atoms with E-state index in [1.54, 1.807) is 6.07 Å². The van der Waals surface area contributed by atoms with E-state index in [9.17, 15) is 18.3 Å². The maximum atomic E-state index is 12.6. The average molecular weight is 366 g/mol. The second-order valence-corrected chi connectivity index (χ2v) is 5.94. The molecule has 108 valence electrons. The van der Waals surface area contributed by atoms with Gasteiger partial charge in [0, 0.05) is 21.6 Å². The quantitative estimate of drug-likeness (QED) is 0.824. The highest BCUT2D eigenvalue weighted by Crippen LogP contribution is 2.34. The molecule has 1 aromatic heterocycles. The van der Waals surface area contributed by atoms with E-state index < -0.39 is 17.8 Å². The molecule has 2 N–H and O–H groups in total. The Morgan fingerprint density at radius 2 is 2.05 bits per heavy atom. The first-order chi connectivity index (χ1) is 9.38. The molecule has 0 fully saturated rings. The fraction of sp³-hybridized carbons (Fsp3) is 0.231. The van der Waals surface area contributed by atoms with Gasteiger partial charge in [-0.1, -0.05) is 6.07 Å². The molecule has 0 amide bonds. The summed E-state index contributed by atoms with van der Waals surface area (Å²) >= 11 is 4.58. The normalized spacial score (nSPS) is 13.2. The van der Waals surface area contributed by atoms with E-state index in [-0.39, 0.29) is 6.54 Å². The molecule has 1 heterocycles. The number of alkyl halides is 3. The van der Waals surface area contributed by atoms with Crippen molar-refractivity contribution >= 4 is 33.0 Å². The molecule has 1 atom stereocenters. The highest BCUT2D eigenvalue weighted by molar-refractivity contribution is 9.10. The number of nitrogens with one attached hydrogen (secondary N) is 1. The number of halogens is 4. The summed E-state index contributed by atoms with van der Waals surface area (Å²) in [7, 11) is 0. The summed E-state index contributed by atoms with van der Waals surface area (Å²) in [4.78, 5) is 0.764. The molecule has 2 rings (SSSR count). The Hall–Kier alpha value is -1.05. The number of hydrogen-bond acceptors (Lipinski definition) is 3. The Kier molecular flexibility index (Phi) is 4.72. The van der Waals surface area contributed by atoms with Crippen molar-refractivity contribution in [1.29, 1.82) is 0 Å². The third kappa shape index (κ3) is 3.74. The van der Waals surface area contributed by atoms with Crippen molar-refractivity contribution in [3.63, 3.8) is 0 Å². The Bertz CT molecular complexity index is 571. The van der Waals surface area contributed by atoms with E-state index in [1.165, 1.54) is 17.4 Å². The summed E-state index contributed by atoms with van der Waals surface area (Å²) < 4.78 is 38.4. The minimum atomic E-state index is -4.39. The van der Waals surface area contributed by atoms with Gasteiger partial charge in [-0.2, -0.15) is 13.2 Å². The average Bonchev–Trinajstić information content (AvgIpc) is 2.90. The smallest absolute Gasteiger partial charge is 0.386 e. The molecule has 1 unspecified atom stereocenters. The van der Waals surface area contributed by atoms with Crippen LogP contribution in [0.3, 0.4) is 0 Å². The maximum Gasteiger partial charge on any atom is 0.416 e. The molecule has 0 saturated carbocycles. The zero-order valence-corrected chi connectivity index (χ0v) is 12.5. The summed E-state index contributed by atoms with van der Waals surface area (Å²) in [5.74, 6) is 0. The fourth-order valence-corrected chi connectivity index (χ4v) is 2.72. The van der Waals surface area contributed by atoms with Gasteiger partial charge in [-0.25, -0.2) is 0 Å². The minimum absolute atomic E-state index is 0.139. The zero-order chi connectivity index (χ0) is 14.8. The number of rotatable bonds is 4. The lowest BCUT2D eigenvalue weighted by molar-refractivity contribution is -0.137. The molecule has 2 aromatic rings. The second-order valence-electron chi connectivity index (χ2n) is 4.10. The highest BCUT2D eigenvalue weighted by atomic mass is 79.9. The van der Waals surface area contributed by atoms with Gasteiger partial charge in [-0.3, -0.25) is 0 Å². The van der Waals surface area contributed by atoms with Crippen LogP contribution >= 0.6 is 27.3 Å². The largest absolute Gasteiger partial charge is 0.416 e. The summed E-state index contributed by atoms with van der Waals surface area (Å²) in [6, 6.07) is 6.94. The first-order valence-corrected chi connectivity index (χ1v) is 7.37. The van der Waals surface area contributed by atoms with E-state index in [4.69, 9.17) is 0 Å². The van der Waals surface area contributed by atoms with E-state index in [1.807, 2.05) is 11.4 Å². The van der Waals surface area contributed by atoms with Crippen molar-refractivity contribution in [3.05, 3.63) is 50.6 Å². The molecule has 0 bridgehead atoms. The lowest BCUT2D eigenvalue weighted by atomic mass is 10.2. The van der Waals surface area contributed by atoms with Crippen LogP contribution < -0.4 is 5.32 Å². The lowest BCUT2D eigenvalue weighted by Gasteiger charge is -2.15. The number of aliphatic hydroxyl groups excluding tert-OH is 1. The van der Waals surface area contributed by atoms with E-state index in [0.29, 0.717) is 10.2 Å². The summed E-state index contributed by atoms with van der Waals surface area (Å²) in [6.45, 7) is 0.139. The number of thiophene rings is 1. The van der Waals surface area contributed by atoms with Crippen LogP contribution in [0.15, 0.2) is 40.2 Å². The standard InChI is InChI=1S/C13H11BrF3NOS/c14-9-4-3-8(13(15,16)17)6-10(9)18-7-11(19)12-2-1-5-20-12/h1-6,11,18-19H,7H2. The minimum Gasteiger partial charge on any atom is -0.386 e. The number of benzene rings is 1. The highest BCUT2D eigenvalue weighted by Gasteiger charge is 2.30. The topological polar surface area (TPSA) is 32.3 Å². The van der Waals surface area contributed by atoms with Crippen molar-refractivity contribution in [3.8, 4) is 0 Å². The molecule has 0 aliphatic heterocycles. The summed E-state index contributed by atoms with van der Waals surface area (Å²) in [6.07, 6.45) is -5.14. The number of hydrogen-bond donors (Lipinski definition) is 2. The van der Waals surface area contributed by atoms with Crippen LogP contribution in [0, 0.1) is 0 Å². The molecule has 2 nitrogen and oxygen atoms in total. The third-order valence-electron chi connectivity index (χ3n) is 2.65. The van der Waals surface area contributed by atoms with Crippen molar-refractivity contribution in [2.75, 3.05) is 11.9 Å². The Morgan fingerprint density at radius 1 is 1.30 bits per heavy atom. The number of anilines is 1. The van der Waals surface area contributed by atoms with Gasteiger partial charge in [0.15, 0.2) is 0 Å². The molecule has 0 spiro atoms. The molecule has 0 saturated heterocycles. The maximum absolute atomic E-state index is 12.6. The summed E-state index contributed by atoms with van der Waals surface area (Å²) in [5, 5.41) is 14.6. The predicted octanol–water partition coefficient (Wildman–Crippen LogP) is 4.67. The van der Waals surface area contributed by atoms with Crippen molar-refractivity contribution in [2.24, 2.45) is 0 Å². The van der Waals surface area contributed by atoms with Crippen molar-refractivity contribution < 1.29 is 18.3 Å². The predicted molar refractivity (Wildman–Crippen MR) is 76.9 cm³/mol. The van der Waals surface area contributed by atoms with Gasteiger partial charge >= 0.3 is 6.18 Å². The molecule has 20 heavy (non-hydrogen) atoms. The lowest BCUT2D eigenvalue weighted by Crippen LogP contribution is -2.12. The van der Waals surface area contributed by atoms with Crippen LogP contribution in [0.4, 0.5) is 18.9 Å². The van der Waals surface area contributed by atoms with Gasteiger partial charge in [0.25, 0.3) is 0 Å². The van der Waals surface area contributed by atoms with Crippen LogP contribution in [0.1, 0.15) is 16.5 Å². The Balaban J connectivity index is 2.09. The van der Waals surface area contributed by atoms with Crippen LogP contribution in [0.5, 0.6) is 0 Å². The fourth-order valence-electron chi connectivity index (χ4n) is 1.63. The molecule has 1 aromatic carbocycles. The molecular formula is C13H11BrF3NOS. The van der Waals surface area contributed by atoms with Crippen LogP contribution in [-0.4, -0.2) is 11.7 Å². The zero-order valence-electron chi connectivity index (χ0n) is 10.1.